The number of piperidine rings is 1. The molecule has 1 amide bonds. The van der Waals surface area contributed by atoms with Gasteiger partial charge in [-0.3, -0.25) is 4.79 Å². The molecule has 7 nitrogen and oxygen atoms in total. The van der Waals surface area contributed by atoms with Gasteiger partial charge in [-0.1, -0.05) is 17.4 Å². The van der Waals surface area contributed by atoms with E-state index in [9.17, 15) is 17.6 Å². The first kappa shape index (κ1) is 21.1. The Labute approximate surface area is 167 Å². The van der Waals surface area contributed by atoms with E-state index in [0.717, 1.165) is 4.70 Å². The molecule has 0 spiro atoms. The van der Waals surface area contributed by atoms with Gasteiger partial charge in [-0.25, -0.2) is 17.1 Å². The van der Waals surface area contributed by atoms with Gasteiger partial charge < -0.3 is 9.30 Å². The van der Waals surface area contributed by atoms with E-state index in [1.165, 1.54) is 28.0 Å². The Kier molecular flexibility index (Phi) is 6.64. The smallest absolute Gasteiger partial charge is 0.251 e. The molecular formula is C18H24FN3O4S2. The highest BCUT2D eigenvalue weighted by Gasteiger charge is 2.29. The van der Waals surface area contributed by atoms with Crippen LogP contribution in [0.15, 0.2) is 23.2 Å². The van der Waals surface area contributed by atoms with Gasteiger partial charge in [0.1, 0.15) is 5.82 Å². The van der Waals surface area contributed by atoms with Gasteiger partial charge in [0.15, 0.2) is 4.80 Å². The van der Waals surface area contributed by atoms with Crippen molar-refractivity contribution in [2.24, 2.45) is 10.9 Å². The quantitative estimate of drug-likeness (QED) is 0.658. The molecule has 1 fully saturated rings. The van der Waals surface area contributed by atoms with E-state index in [4.69, 9.17) is 4.74 Å². The van der Waals surface area contributed by atoms with Crippen molar-refractivity contribution in [2.45, 2.75) is 26.3 Å². The number of rotatable bonds is 6. The molecule has 0 aliphatic carbocycles. The lowest BCUT2D eigenvalue weighted by Gasteiger charge is -2.28. The van der Waals surface area contributed by atoms with Gasteiger partial charge in [0.25, 0.3) is 5.91 Å². The van der Waals surface area contributed by atoms with E-state index in [0.29, 0.717) is 56.0 Å². The maximum absolute atomic E-state index is 14.4. The average molecular weight is 430 g/mol. The third-order valence-electron chi connectivity index (χ3n) is 4.79. The van der Waals surface area contributed by atoms with E-state index in [2.05, 4.69) is 4.99 Å². The predicted molar refractivity (Wildman–Crippen MR) is 106 cm³/mol. The average Bonchev–Trinajstić information content (AvgIpc) is 3.00. The highest BCUT2D eigenvalue weighted by atomic mass is 32.2. The second kappa shape index (κ2) is 8.81. The molecule has 1 saturated heterocycles. The van der Waals surface area contributed by atoms with Crippen LogP contribution in [0.3, 0.4) is 0 Å². The molecule has 2 aromatic rings. The molecule has 28 heavy (non-hydrogen) atoms. The van der Waals surface area contributed by atoms with Crippen molar-refractivity contribution < 1.29 is 22.3 Å². The number of hydrogen-bond acceptors (Lipinski definition) is 5. The van der Waals surface area contributed by atoms with E-state index >= 15 is 0 Å². The van der Waals surface area contributed by atoms with Gasteiger partial charge >= 0.3 is 0 Å². The van der Waals surface area contributed by atoms with E-state index in [-0.39, 0.29) is 17.6 Å². The first-order valence-electron chi connectivity index (χ1n) is 9.20. The van der Waals surface area contributed by atoms with Gasteiger partial charge in [-0.2, -0.15) is 4.99 Å². The first-order valence-corrected chi connectivity index (χ1v) is 11.9. The van der Waals surface area contributed by atoms with Crippen LogP contribution in [0.25, 0.3) is 10.2 Å². The second-order valence-electron chi connectivity index (χ2n) is 6.71. The van der Waals surface area contributed by atoms with Crippen LogP contribution >= 0.6 is 11.3 Å². The lowest BCUT2D eigenvalue weighted by atomic mass is 9.98. The number of halogens is 1. The summed E-state index contributed by atoms with van der Waals surface area (Å²) >= 11 is 1.27. The summed E-state index contributed by atoms with van der Waals surface area (Å²) in [7, 11) is -3.24. The topological polar surface area (TPSA) is 81.0 Å². The van der Waals surface area contributed by atoms with E-state index in [1.807, 2.05) is 6.92 Å². The summed E-state index contributed by atoms with van der Waals surface area (Å²) in [6.07, 6.45) is 2.05. The standard InChI is InChI=1S/C18H24FN3O4S2/c1-3-26-12-11-22-16-14(19)5-4-6-15(16)27-18(22)20-17(23)13-7-9-21(10-8-13)28(2,24)25/h4-6,13H,3,7-12H2,1-2H3. The lowest BCUT2D eigenvalue weighted by Crippen LogP contribution is -2.39. The van der Waals surface area contributed by atoms with Crippen LogP contribution in [0.4, 0.5) is 4.39 Å². The minimum atomic E-state index is -3.24. The fourth-order valence-corrected chi connectivity index (χ4v) is 5.25. The van der Waals surface area contributed by atoms with Gasteiger partial charge in [-0.15, -0.1) is 0 Å². The highest BCUT2D eigenvalue weighted by molar-refractivity contribution is 7.88. The molecule has 2 heterocycles. The fourth-order valence-electron chi connectivity index (χ4n) is 3.30. The number of nitrogens with zero attached hydrogens (tertiary/aromatic N) is 3. The Morgan fingerprint density at radius 1 is 1.36 bits per heavy atom. The molecule has 0 unspecified atom stereocenters. The molecule has 10 heteroatoms. The zero-order valence-corrected chi connectivity index (χ0v) is 17.6. The summed E-state index contributed by atoms with van der Waals surface area (Å²) in [4.78, 5) is 17.4. The van der Waals surface area contributed by atoms with Crippen LogP contribution in [0.1, 0.15) is 19.8 Å². The van der Waals surface area contributed by atoms with Gasteiger partial charge in [-0.05, 0) is 31.9 Å². The van der Waals surface area contributed by atoms with E-state index < -0.39 is 10.0 Å². The number of carbonyl (C=O) groups is 1. The molecule has 0 radical (unpaired) electrons. The fraction of sp³-hybridized carbons (Fsp3) is 0.556. The van der Waals surface area contributed by atoms with Crippen molar-refractivity contribution in [3.05, 3.63) is 28.8 Å². The number of amides is 1. The number of thiazole rings is 1. The van der Waals surface area contributed by atoms with Crippen LogP contribution in [-0.4, -0.2) is 55.8 Å². The summed E-state index contributed by atoms with van der Waals surface area (Å²) in [6, 6.07) is 4.82. The molecule has 0 N–H and O–H groups in total. The Morgan fingerprint density at radius 3 is 2.71 bits per heavy atom. The second-order valence-corrected chi connectivity index (χ2v) is 9.70. The van der Waals surface area contributed by atoms with Crippen molar-refractivity contribution in [2.75, 3.05) is 32.6 Å². The van der Waals surface area contributed by atoms with Crippen molar-refractivity contribution in [1.29, 1.82) is 0 Å². The summed E-state index contributed by atoms with van der Waals surface area (Å²) in [5.74, 6) is -0.973. The van der Waals surface area contributed by atoms with Gasteiger partial charge in [0.05, 0.1) is 23.1 Å². The van der Waals surface area contributed by atoms with Crippen molar-refractivity contribution in [3.8, 4) is 0 Å². The van der Waals surface area contributed by atoms with Crippen LogP contribution < -0.4 is 4.80 Å². The highest BCUT2D eigenvalue weighted by Crippen LogP contribution is 2.22. The number of carbonyl (C=O) groups excluding carboxylic acids is 1. The number of ether oxygens (including phenoxy) is 1. The van der Waals surface area contributed by atoms with Crippen molar-refractivity contribution in [1.82, 2.24) is 8.87 Å². The molecule has 1 aliphatic rings. The zero-order chi connectivity index (χ0) is 20.3. The molecule has 1 aromatic heterocycles. The maximum atomic E-state index is 14.4. The summed E-state index contributed by atoms with van der Waals surface area (Å²) < 4.78 is 46.8. The zero-order valence-electron chi connectivity index (χ0n) is 15.9. The molecule has 1 aromatic carbocycles. The molecular weight excluding hydrogens is 405 g/mol. The van der Waals surface area contributed by atoms with Crippen molar-refractivity contribution in [3.63, 3.8) is 0 Å². The maximum Gasteiger partial charge on any atom is 0.251 e. The largest absolute Gasteiger partial charge is 0.380 e. The normalized spacial score (nSPS) is 17.5. The van der Waals surface area contributed by atoms with Crippen LogP contribution in [-0.2, 0) is 26.1 Å². The monoisotopic (exact) mass is 429 g/mol. The molecule has 0 atom stereocenters. The third kappa shape index (κ3) is 4.68. The first-order chi connectivity index (χ1) is 13.3. The molecule has 154 valence electrons. The van der Waals surface area contributed by atoms with E-state index in [1.54, 1.807) is 16.7 Å². The minimum Gasteiger partial charge on any atom is -0.380 e. The molecule has 1 aliphatic heterocycles. The number of benzene rings is 1. The number of fused-ring (bicyclic) bond motifs is 1. The Hall–Kier alpha value is -1.62. The minimum absolute atomic E-state index is 0.287. The van der Waals surface area contributed by atoms with Crippen LogP contribution in [0, 0.1) is 11.7 Å². The number of hydrogen-bond donors (Lipinski definition) is 0. The molecule has 3 rings (SSSR count). The van der Waals surface area contributed by atoms with Gasteiger partial charge in [0.2, 0.25) is 10.0 Å². The summed E-state index contributed by atoms with van der Waals surface area (Å²) in [5, 5.41) is 0. The Balaban J connectivity index is 1.87. The number of aromatic nitrogens is 1. The van der Waals surface area contributed by atoms with Crippen LogP contribution in [0.2, 0.25) is 0 Å². The lowest BCUT2D eigenvalue weighted by molar-refractivity contribution is -0.122. The summed E-state index contributed by atoms with van der Waals surface area (Å²) in [6.45, 7) is 3.86. The predicted octanol–water partition coefficient (Wildman–Crippen LogP) is 1.98. The Morgan fingerprint density at radius 2 is 2.07 bits per heavy atom. The number of para-hydroxylation sites is 1. The number of sulfonamides is 1. The van der Waals surface area contributed by atoms with Crippen LogP contribution in [0.5, 0.6) is 0 Å². The summed E-state index contributed by atoms with van der Waals surface area (Å²) in [5.41, 5.74) is 0.422. The SMILES string of the molecule is CCOCCn1c(=NC(=O)C2CCN(S(C)(=O)=O)CC2)sc2cccc(F)c21. The molecule has 0 bridgehead atoms. The molecule has 0 saturated carbocycles. The Bertz CT molecular complexity index is 1020. The third-order valence-corrected chi connectivity index (χ3v) is 7.14. The van der Waals surface area contributed by atoms with Gasteiger partial charge in [0, 0.05) is 32.2 Å². The van der Waals surface area contributed by atoms with Crippen molar-refractivity contribution >= 4 is 37.5 Å².